The maximum absolute atomic E-state index is 11.3. The molecule has 0 bridgehead atoms. The van der Waals surface area contributed by atoms with Crippen molar-refractivity contribution in [3.05, 3.63) is 12.2 Å². The summed E-state index contributed by atoms with van der Waals surface area (Å²) >= 11 is 0. The van der Waals surface area contributed by atoms with Crippen LogP contribution in [0.15, 0.2) is 12.2 Å². The van der Waals surface area contributed by atoms with E-state index in [0.717, 1.165) is 12.8 Å². The zero-order chi connectivity index (χ0) is 12.4. The van der Waals surface area contributed by atoms with Gasteiger partial charge in [0.05, 0.1) is 6.61 Å². The number of ketones is 1. The minimum absolute atomic E-state index is 0.172. The Morgan fingerprint density at radius 3 is 2.38 bits per heavy atom. The first-order valence-electron chi connectivity index (χ1n) is 5.92. The number of rotatable bonds is 9. The van der Waals surface area contributed by atoms with Crippen LogP contribution in [0.3, 0.4) is 0 Å². The maximum atomic E-state index is 11.3. The molecule has 0 amide bonds. The molecule has 0 aromatic carbocycles. The molecule has 0 aliphatic heterocycles. The van der Waals surface area contributed by atoms with Gasteiger partial charge >= 0.3 is 5.97 Å². The lowest BCUT2D eigenvalue weighted by atomic mass is 10.1. The molecule has 0 fully saturated rings. The van der Waals surface area contributed by atoms with Gasteiger partial charge in [-0.1, -0.05) is 32.8 Å². The van der Waals surface area contributed by atoms with Gasteiger partial charge in [0.2, 0.25) is 0 Å². The molecule has 0 saturated carbocycles. The number of carbonyl (C=O) groups is 2. The number of unbranched alkanes of at least 4 members (excludes halogenated alkanes) is 3. The van der Waals surface area contributed by atoms with Gasteiger partial charge in [-0.25, -0.2) is 4.79 Å². The molecule has 0 saturated heterocycles. The van der Waals surface area contributed by atoms with E-state index in [-0.39, 0.29) is 12.4 Å². The van der Waals surface area contributed by atoms with Crippen LogP contribution >= 0.6 is 0 Å². The summed E-state index contributed by atoms with van der Waals surface area (Å²) in [6.07, 6.45) is 5.33. The largest absolute Gasteiger partial charge is 0.462 e. The zero-order valence-corrected chi connectivity index (χ0v) is 10.4. The molecule has 0 N–H and O–H groups in total. The summed E-state index contributed by atoms with van der Waals surface area (Å²) in [4.78, 5) is 22.3. The molecule has 0 unspecified atom stereocenters. The third kappa shape index (κ3) is 8.21. The summed E-state index contributed by atoms with van der Waals surface area (Å²) in [6, 6.07) is 0. The number of hydrogen-bond acceptors (Lipinski definition) is 3. The Kier molecular flexibility index (Phi) is 8.49. The molecule has 3 heteroatoms. The van der Waals surface area contributed by atoms with E-state index in [1.54, 1.807) is 6.92 Å². The average Bonchev–Trinajstić information content (AvgIpc) is 2.24. The SMILES string of the molecule is C=C(C)C(=O)OCCC(=O)CCCCCC. The molecular formula is C13H22O3. The normalized spacial score (nSPS) is 9.88. The Morgan fingerprint density at radius 2 is 1.81 bits per heavy atom. The highest BCUT2D eigenvalue weighted by Gasteiger charge is 2.05. The molecule has 3 nitrogen and oxygen atoms in total. The molecule has 0 rings (SSSR count). The van der Waals surface area contributed by atoms with E-state index >= 15 is 0 Å². The van der Waals surface area contributed by atoms with Crippen molar-refractivity contribution < 1.29 is 14.3 Å². The minimum Gasteiger partial charge on any atom is -0.462 e. The fourth-order valence-corrected chi connectivity index (χ4v) is 1.25. The highest BCUT2D eigenvalue weighted by molar-refractivity contribution is 5.87. The van der Waals surface area contributed by atoms with E-state index in [1.807, 2.05) is 0 Å². The van der Waals surface area contributed by atoms with Crippen LogP contribution in [0.4, 0.5) is 0 Å². The lowest BCUT2D eigenvalue weighted by Gasteiger charge is -2.03. The standard InChI is InChI=1S/C13H22O3/c1-4-5-6-7-8-12(14)9-10-16-13(15)11(2)3/h2,4-10H2,1,3H3. The summed E-state index contributed by atoms with van der Waals surface area (Å²) in [5, 5.41) is 0. The first-order valence-corrected chi connectivity index (χ1v) is 5.92. The summed E-state index contributed by atoms with van der Waals surface area (Å²) in [5.41, 5.74) is 0.371. The van der Waals surface area contributed by atoms with Crippen molar-refractivity contribution in [2.45, 2.75) is 52.4 Å². The van der Waals surface area contributed by atoms with E-state index < -0.39 is 5.97 Å². The number of hydrogen-bond donors (Lipinski definition) is 0. The van der Waals surface area contributed by atoms with Crippen molar-refractivity contribution >= 4 is 11.8 Å². The Labute approximate surface area is 97.9 Å². The van der Waals surface area contributed by atoms with Crippen LogP contribution in [0.2, 0.25) is 0 Å². The number of Topliss-reactive ketones (excluding diaryl/α,β-unsaturated/α-hetero) is 1. The van der Waals surface area contributed by atoms with Gasteiger partial charge in [-0.3, -0.25) is 4.79 Å². The Hall–Kier alpha value is -1.12. The van der Waals surface area contributed by atoms with E-state index in [0.29, 0.717) is 18.4 Å². The van der Waals surface area contributed by atoms with E-state index in [4.69, 9.17) is 4.74 Å². The molecule has 0 heterocycles. The summed E-state index contributed by atoms with van der Waals surface area (Å²) in [7, 11) is 0. The second-order valence-corrected chi connectivity index (χ2v) is 4.02. The molecule has 0 radical (unpaired) electrons. The van der Waals surface area contributed by atoms with Crippen LogP contribution < -0.4 is 0 Å². The fraction of sp³-hybridized carbons (Fsp3) is 0.692. The predicted octanol–water partition coefficient (Wildman–Crippen LogP) is 3.04. The van der Waals surface area contributed by atoms with E-state index in [2.05, 4.69) is 13.5 Å². The summed E-state index contributed by atoms with van der Waals surface area (Å²) < 4.78 is 4.84. The van der Waals surface area contributed by atoms with Crippen molar-refractivity contribution in [2.24, 2.45) is 0 Å². The van der Waals surface area contributed by atoms with Crippen molar-refractivity contribution in [2.75, 3.05) is 6.61 Å². The smallest absolute Gasteiger partial charge is 0.333 e. The van der Waals surface area contributed by atoms with Crippen LogP contribution in [-0.2, 0) is 14.3 Å². The highest BCUT2D eigenvalue weighted by Crippen LogP contribution is 2.04. The molecule has 0 atom stereocenters. The first kappa shape index (κ1) is 14.9. The second kappa shape index (κ2) is 9.13. The topological polar surface area (TPSA) is 43.4 Å². The van der Waals surface area contributed by atoms with Crippen LogP contribution in [0, 0.1) is 0 Å². The lowest BCUT2D eigenvalue weighted by molar-refractivity contribution is -0.139. The van der Waals surface area contributed by atoms with Crippen molar-refractivity contribution in [3.63, 3.8) is 0 Å². The van der Waals surface area contributed by atoms with Gasteiger partial charge in [0, 0.05) is 18.4 Å². The second-order valence-electron chi connectivity index (χ2n) is 4.02. The predicted molar refractivity (Wildman–Crippen MR) is 64.2 cm³/mol. The molecule has 16 heavy (non-hydrogen) atoms. The maximum Gasteiger partial charge on any atom is 0.333 e. The van der Waals surface area contributed by atoms with Crippen LogP contribution in [0.5, 0.6) is 0 Å². The molecule has 0 aliphatic carbocycles. The summed E-state index contributed by atoms with van der Waals surface area (Å²) in [5.74, 6) is -0.246. The van der Waals surface area contributed by atoms with E-state index in [1.165, 1.54) is 12.8 Å². The zero-order valence-electron chi connectivity index (χ0n) is 10.4. The van der Waals surface area contributed by atoms with Gasteiger partial charge in [0.25, 0.3) is 0 Å². The molecule has 92 valence electrons. The number of carbonyl (C=O) groups excluding carboxylic acids is 2. The number of esters is 1. The van der Waals surface area contributed by atoms with Crippen LogP contribution in [-0.4, -0.2) is 18.4 Å². The Morgan fingerprint density at radius 1 is 1.12 bits per heavy atom. The average molecular weight is 226 g/mol. The van der Waals surface area contributed by atoms with Crippen molar-refractivity contribution in [3.8, 4) is 0 Å². The Balaban J connectivity index is 3.44. The monoisotopic (exact) mass is 226 g/mol. The van der Waals surface area contributed by atoms with Crippen LogP contribution in [0.1, 0.15) is 52.4 Å². The Bertz CT molecular complexity index is 244. The summed E-state index contributed by atoms with van der Waals surface area (Å²) in [6.45, 7) is 7.37. The van der Waals surface area contributed by atoms with Gasteiger partial charge < -0.3 is 4.74 Å². The van der Waals surface area contributed by atoms with Crippen molar-refractivity contribution in [1.29, 1.82) is 0 Å². The third-order valence-corrected chi connectivity index (χ3v) is 2.27. The van der Waals surface area contributed by atoms with Gasteiger partial charge in [-0.05, 0) is 13.3 Å². The van der Waals surface area contributed by atoms with Gasteiger partial charge in [-0.15, -0.1) is 0 Å². The molecule has 0 spiro atoms. The van der Waals surface area contributed by atoms with Gasteiger partial charge in [0.15, 0.2) is 0 Å². The highest BCUT2D eigenvalue weighted by atomic mass is 16.5. The van der Waals surface area contributed by atoms with Crippen LogP contribution in [0.25, 0.3) is 0 Å². The fourth-order valence-electron chi connectivity index (χ4n) is 1.25. The van der Waals surface area contributed by atoms with E-state index in [9.17, 15) is 9.59 Å². The third-order valence-electron chi connectivity index (χ3n) is 2.27. The lowest BCUT2D eigenvalue weighted by Crippen LogP contribution is -2.10. The van der Waals surface area contributed by atoms with Gasteiger partial charge in [-0.2, -0.15) is 0 Å². The van der Waals surface area contributed by atoms with Crippen molar-refractivity contribution in [1.82, 2.24) is 0 Å². The minimum atomic E-state index is -0.418. The molecule has 0 aromatic heterocycles. The molecule has 0 aliphatic rings. The quantitative estimate of drug-likeness (QED) is 0.345. The molecular weight excluding hydrogens is 204 g/mol. The first-order chi connectivity index (χ1) is 7.57. The van der Waals surface area contributed by atoms with Gasteiger partial charge in [0.1, 0.15) is 5.78 Å². The molecule has 0 aromatic rings. The number of ether oxygens (including phenoxy) is 1.